The molecule has 5 rings (SSSR count). The molecule has 0 radical (unpaired) electrons. The average Bonchev–Trinajstić information content (AvgIpc) is 3.52. The molecule has 2 aromatic heterocycles. The Hall–Kier alpha value is -4.00. The van der Waals surface area contributed by atoms with Gasteiger partial charge in [0.1, 0.15) is 5.69 Å². The molecule has 0 spiro atoms. The SMILES string of the molecule is COc1ccc(C2(c3ccccc3)C=Cc3c(-c4ncc[nH]4)n[nH]c3C2)c(OC)c1OC. The first-order valence-corrected chi connectivity index (χ1v) is 10.3. The molecule has 0 aliphatic heterocycles. The predicted octanol–water partition coefficient (Wildman–Crippen LogP) is 4.38. The van der Waals surface area contributed by atoms with Crippen LogP contribution in [0.1, 0.15) is 22.4 Å². The summed E-state index contributed by atoms with van der Waals surface area (Å²) >= 11 is 0. The maximum Gasteiger partial charge on any atom is 0.203 e. The summed E-state index contributed by atoms with van der Waals surface area (Å²) in [5.74, 6) is 2.58. The normalized spacial score (nSPS) is 17.1. The molecule has 0 saturated carbocycles. The summed E-state index contributed by atoms with van der Waals surface area (Å²) in [7, 11) is 4.90. The van der Waals surface area contributed by atoms with Gasteiger partial charge in [-0.25, -0.2) is 4.98 Å². The molecule has 1 aliphatic carbocycles. The van der Waals surface area contributed by atoms with Crippen LogP contribution in [0.5, 0.6) is 17.2 Å². The lowest BCUT2D eigenvalue weighted by Gasteiger charge is -2.36. The van der Waals surface area contributed by atoms with Crippen molar-refractivity contribution in [3.63, 3.8) is 0 Å². The van der Waals surface area contributed by atoms with Crippen molar-refractivity contribution in [2.24, 2.45) is 0 Å². The number of H-pyrrole nitrogens is 2. The Morgan fingerprint density at radius 3 is 2.44 bits per heavy atom. The number of rotatable bonds is 6. The van der Waals surface area contributed by atoms with Crippen LogP contribution in [-0.4, -0.2) is 41.5 Å². The van der Waals surface area contributed by atoms with E-state index >= 15 is 0 Å². The number of hydrogen-bond donors (Lipinski definition) is 2. The molecule has 2 heterocycles. The Bertz CT molecular complexity index is 1260. The van der Waals surface area contributed by atoms with Crippen molar-refractivity contribution in [3.8, 4) is 28.8 Å². The highest BCUT2D eigenvalue weighted by atomic mass is 16.5. The third kappa shape index (κ3) is 2.97. The molecule has 2 N–H and O–H groups in total. The van der Waals surface area contributed by atoms with Gasteiger partial charge < -0.3 is 19.2 Å². The van der Waals surface area contributed by atoms with Crippen molar-refractivity contribution in [2.45, 2.75) is 11.8 Å². The Kier molecular flexibility index (Phi) is 4.93. The number of aromatic amines is 2. The zero-order chi connectivity index (χ0) is 22.1. The summed E-state index contributed by atoms with van der Waals surface area (Å²) in [5, 5.41) is 7.79. The fourth-order valence-corrected chi connectivity index (χ4v) is 4.57. The van der Waals surface area contributed by atoms with E-state index in [0.29, 0.717) is 23.7 Å². The number of benzene rings is 2. The molecule has 32 heavy (non-hydrogen) atoms. The number of methoxy groups -OCH3 is 3. The molecule has 4 aromatic rings. The third-order valence-corrected chi connectivity index (χ3v) is 6.07. The minimum Gasteiger partial charge on any atom is -0.493 e. The summed E-state index contributed by atoms with van der Waals surface area (Å²) < 4.78 is 17.1. The Morgan fingerprint density at radius 2 is 1.75 bits per heavy atom. The van der Waals surface area contributed by atoms with Crippen LogP contribution in [0.15, 0.2) is 60.9 Å². The van der Waals surface area contributed by atoms with Crippen LogP contribution in [0.25, 0.3) is 17.6 Å². The standard InChI is InChI=1S/C25H24N4O3/c1-30-20-10-9-18(22(31-2)23(20)32-3)25(16-7-5-4-6-8-16)12-11-17-19(15-25)28-29-21(17)24-26-13-14-27-24/h4-14H,15H2,1-3H3,(H,26,27)(H,28,29). The lowest BCUT2D eigenvalue weighted by atomic mass is 9.68. The average molecular weight is 428 g/mol. The zero-order valence-corrected chi connectivity index (χ0v) is 18.2. The van der Waals surface area contributed by atoms with Gasteiger partial charge in [-0.15, -0.1) is 0 Å². The van der Waals surface area contributed by atoms with Crippen molar-refractivity contribution < 1.29 is 14.2 Å². The second kappa shape index (κ2) is 7.92. The minimum absolute atomic E-state index is 0.494. The highest BCUT2D eigenvalue weighted by molar-refractivity contribution is 5.75. The van der Waals surface area contributed by atoms with Crippen molar-refractivity contribution in [1.29, 1.82) is 0 Å². The molecule has 1 atom stereocenters. The monoisotopic (exact) mass is 428 g/mol. The number of fused-ring (bicyclic) bond motifs is 1. The summed E-state index contributed by atoms with van der Waals surface area (Å²) in [5.41, 5.74) is 4.50. The summed E-state index contributed by atoms with van der Waals surface area (Å²) in [6, 6.07) is 14.4. The smallest absolute Gasteiger partial charge is 0.203 e. The number of aromatic nitrogens is 4. The maximum absolute atomic E-state index is 5.88. The number of nitrogens with zero attached hydrogens (tertiary/aromatic N) is 2. The third-order valence-electron chi connectivity index (χ3n) is 6.07. The van der Waals surface area contributed by atoms with E-state index in [1.165, 1.54) is 0 Å². The Labute approximate surface area is 186 Å². The lowest BCUT2D eigenvalue weighted by molar-refractivity contribution is 0.319. The van der Waals surface area contributed by atoms with Crippen LogP contribution in [0.2, 0.25) is 0 Å². The van der Waals surface area contributed by atoms with Crippen molar-refractivity contribution in [3.05, 3.63) is 83.3 Å². The van der Waals surface area contributed by atoms with Gasteiger partial charge in [-0.1, -0.05) is 48.6 Å². The van der Waals surface area contributed by atoms with Crippen LogP contribution in [0, 0.1) is 0 Å². The van der Waals surface area contributed by atoms with Crippen molar-refractivity contribution in [2.75, 3.05) is 21.3 Å². The first-order chi connectivity index (χ1) is 15.7. The van der Waals surface area contributed by atoms with Gasteiger partial charge in [0.15, 0.2) is 17.3 Å². The van der Waals surface area contributed by atoms with E-state index in [2.05, 4.69) is 56.6 Å². The van der Waals surface area contributed by atoms with Gasteiger partial charge in [0.25, 0.3) is 0 Å². The first kappa shape index (κ1) is 19.9. The van der Waals surface area contributed by atoms with E-state index in [-0.39, 0.29) is 0 Å². The minimum atomic E-state index is -0.494. The van der Waals surface area contributed by atoms with Gasteiger partial charge in [-0.3, -0.25) is 5.10 Å². The van der Waals surface area contributed by atoms with E-state index in [1.807, 2.05) is 18.2 Å². The molecule has 0 bridgehead atoms. The summed E-state index contributed by atoms with van der Waals surface area (Å²) in [4.78, 5) is 7.51. The van der Waals surface area contributed by atoms with E-state index in [0.717, 1.165) is 33.9 Å². The second-order valence-corrected chi connectivity index (χ2v) is 7.63. The number of allylic oxidation sites excluding steroid dienone is 1. The number of imidazole rings is 1. The maximum atomic E-state index is 5.88. The fraction of sp³-hybridized carbons (Fsp3) is 0.200. The molecular formula is C25H24N4O3. The van der Waals surface area contributed by atoms with Gasteiger partial charge >= 0.3 is 0 Å². The molecule has 0 saturated heterocycles. The predicted molar refractivity (Wildman–Crippen MR) is 122 cm³/mol. The molecule has 0 amide bonds. The van der Waals surface area contributed by atoms with E-state index in [4.69, 9.17) is 14.2 Å². The first-order valence-electron chi connectivity index (χ1n) is 10.3. The van der Waals surface area contributed by atoms with Crippen molar-refractivity contribution >= 4 is 6.08 Å². The van der Waals surface area contributed by atoms with E-state index < -0.39 is 5.41 Å². The van der Waals surface area contributed by atoms with Crippen LogP contribution >= 0.6 is 0 Å². The van der Waals surface area contributed by atoms with Crippen LogP contribution < -0.4 is 14.2 Å². The van der Waals surface area contributed by atoms with E-state index in [1.54, 1.807) is 33.7 Å². The number of hydrogen-bond acceptors (Lipinski definition) is 5. The van der Waals surface area contributed by atoms with E-state index in [9.17, 15) is 0 Å². The Balaban J connectivity index is 1.73. The quantitative estimate of drug-likeness (QED) is 0.476. The molecule has 1 unspecified atom stereocenters. The summed E-state index contributed by atoms with van der Waals surface area (Å²) in [6.45, 7) is 0. The lowest BCUT2D eigenvalue weighted by Crippen LogP contribution is -2.31. The van der Waals surface area contributed by atoms with Crippen LogP contribution in [-0.2, 0) is 11.8 Å². The zero-order valence-electron chi connectivity index (χ0n) is 18.2. The molecular weight excluding hydrogens is 404 g/mol. The highest BCUT2D eigenvalue weighted by Gasteiger charge is 2.40. The van der Waals surface area contributed by atoms with Gasteiger partial charge in [0.05, 0.1) is 21.3 Å². The van der Waals surface area contributed by atoms with Crippen molar-refractivity contribution in [1.82, 2.24) is 20.2 Å². The topological polar surface area (TPSA) is 85.1 Å². The largest absolute Gasteiger partial charge is 0.493 e. The number of ether oxygens (including phenoxy) is 3. The van der Waals surface area contributed by atoms with Gasteiger partial charge in [0, 0.05) is 41.1 Å². The van der Waals surface area contributed by atoms with Gasteiger partial charge in [0.2, 0.25) is 5.75 Å². The molecule has 7 nitrogen and oxygen atoms in total. The molecule has 2 aromatic carbocycles. The van der Waals surface area contributed by atoms with Crippen LogP contribution in [0.4, 0.5) is 0 Å². The molecule has 162 valence electrons. The Morgan fingerprint density at radius 1 is 0.938 bits per heavy atom. The molecule has 1 aliphatic rings. The molecule has 7 heteroatoms. The summed E-state index contributed by atoms with van der Waals surface area (Å²) in [6.07, 6.45) is 8.53. The second-order valence-electron chi connectivity index (χ2n) is 7.63. The van der Waals surface area contributed by atoms with Gasteiger partial charge in [-0.05, 0) is 11.6 Å². The van der Waals surface area contributed by atoms with Gasteiger partial charge in [-0.2, -0.15) is 5.10 Å². The highest BCUT2D eigenvalue weighted by Crippen LogP contribution is 2.50. The van der Waals surface area contributed by atoms with Crippen LogP contribution in [0.3, 0.4) is 0 Å². The number of nitrogens with one attached hydrogen (secondary N) is 2. The molecule has 0 fully saturated rings. The fourth-order valence-electron chi connectivity index (χ4n) is 4.57.